The van der Waals surface area contributed by atoms with Gasteiger partial charge in [0.05, 0.1) is 32.5 Å². The standard InChI is InChI=1S/C21H33N3O5.HI/c1-25-14-9-23-21(22-8-3-10-26-16-18-5-2-11-27-18)24-17-6-7-19-20(15-17)29-13-4-12-28-19;/h6-7,15,18H,2-5,8-14,16H2,1H3,(H2,22,23,24);1H. The summed E-state index contributed by atoms with van der Waals surface area (Å²) in [4.78, 5) is 4.65. The van der Waals surface area contributed by atoms with Gasteiger partial charge in [0.25, 0.3) is 0 Å². The lowest BCUT2D eigenvalue weighted by atomic mass is 10.2. The Balaban J connectivity index is 0.00000320. The Morgan fingerprint density at radius 1 is 1.13 bits per heavy atom. The van der Waals surface area contributed by atoms with E-state index in [4.69, 9.17) is 23.7 Å². The van der Waals surface area contributed by atoms with E-state index in [9.17, 15) is 0 Å². The Morgan fingerprint density at radius 2 is 2.00 bits per heavy atom. The number of aliphatic imine (C=N–C) groups is 1. The molecule has 1 atom stereocenters. The number of ether oxygens (including phenoxy) is 5. The van der Waals surface area contributed by atoms with Crippen LogP contribution in [0.25, 0.3) is 0 Å². The van der Waals surface area contributed by atoms with Crippen LogP contribution < -0.4 is 20.1 Å². The summed E-state index contributed by atoms with van der Waals surface area (Å²) in [7, 11) is 1.68. The number of benzene rings is 1. The molecular formula is C21H34IN3O5. The molecule has 2 aliphatic rings. The van der Waals surface area contributed by atoms with E-state index in [-0.39, 0.29) is 30.1 Å². The maximum atomic E-state index is 5.76. The van der Waals surface area contributed by atoms with E-state index >= 15 is 0 Å². The summed E-state index contributed by atoms with van der Waals surface area (Å²) in [6, 6.07) is 5.83. The van der Waals surface area contributed by atoms with Gasteiger partial charge in [0.2, 0.25) is 0 Å². The fraction of sp³-hybridized carbons (Fsp3) is 0.667. The van der Waals surface area contributed by atoms with Gasteiger partial charge in [0, 0.05) is 51.6 Å². The summed E-state index contributed by atoms with van der Waals surface area (Å²) in [6.07, 6.45) is 4.25. The first-order valence-electron chi connectivity index (χ1n) is 10.5. The number of anilines is 1. The number of nitrogens with zero attached hydrogens (tertiary/aromatic N) is 1. The maximum Gasteiger partial charge on any atom is 0.195 e. The molecule has 0 amide bonds. The molecule has 0 aliphatic carbocycles. The fourth-order valence-electron chi connectivity index (χ4n) is 3.14. The first-order valence-corrected chi connectivity index (χ1v) is 10.5. The normalized spacial score (nSPS) is 18.4. The van der Waals surface area contributed by atoms with Crippen LogP contribution in [0.5, 0.6) is 11.5 Å². The third-order valence-corrected chi connectivity index (χ3v) is 4.65. The van der Waals surface area contributed by atoms with Gasteiger partial charge in [-0.2, -0.15) is 0 Å². The van der Waals surface area contributed by atoms with E-state index < -0.39 is 0 Å². The highest BCUT2D eigenvalue weighted by Crippen LogP contribution is 2.32. The molecule has 1 fully saturated rings. The quantitative estimate of drug-likeness (QED) is 0.206. The number of nitrogens with one attached hydrogen (secondary N) is 2. The molecule has 1 unspecified atom stereocenters. The number of hydrogen-bond donors (Lipinski definition) is 2. The number of fused-ring (bicyclic) bond motifs is 1. The molecule has 170 valence electrons. The number of guanidine groups is 1. The fourth-order valence-corrected chi connectivity index (χ4v) is 3.14. The lowest BCUT2D eigenvalue weighted by molar-refractivity contribution is 0.0171. The Bertz CT molecular complexity index is 641. The molecule has 1 aromatic carbocycles. The van der Waals surface area contributed by atoms with E-state index in [0.29, 0.717) is 52.1 Å². The lowest BCUT2D eigenvalue weighted by Crippen LogP contribution is -2.33. The van der Waals surface area contributed by atoms with E-state index in [0.717, 1.165) is 49.5 Å². The predicted octanol–water partition coefficient (Wildman–Crippen LogP) is 3.06. The van der Waals surface area contributed by atoms with Gasteiger partial charge < -0.3 is 34.3 Å². The van der Waals surface area contributed by atoms with E-state index in [2.05, 4.69) is 15.6 Å². The second-order valence-corrected chi connectivity index (χ2v) is 7.05. The van der Waals surface area contributed by atoms with Crippen molar-refractivity contribution in [3.05, 3.63) is 18.2 Å². The monoisotopic (exact) mass is 535 g/mol. The topological polar surface area (TPSA) is 82.6 Å². The molecule has 2 N–H and O–H groups in total. The zero-order valence-corrected chi connectivity index (χ0v) is 20.0. The maximum absolute atomic E-state index is 5.76. The predicted molar refractivity (Wildman–Crippen MR) is 128 cm³/mol. The van der Waals surface area contributed by atoms with Crippen molar-refractivity contribution < 1.29 is 23.7 Å². The van der Waals surface area contributed by atoms with Gasteiger partial charge in [0.1, 0.15) is 0 Å². The first-order chi connectivity index (χ1) is 14.3. The molecule has 0 saturated carbocycles. The zero-order chi connectivity index (χ0) is 20.2. The van der Waals surface area contributed by atoms with Gasteiger partial charge in [-0.25, -0.2) is 0 Å². The van der Waals surface area contributed by atoms with Crippen LogP contribution in [-0.4, -0.2) is 71.9 Å². The third kappa shape index (κ3) is 8.83. The highest BCUT2D eigenvalue weighted by Gasteiger charge is 2.15. The summed E-state index contributed by atoms with van der Waals surface area (Å²) in [5.74, 6) is 2.24. The molecule has 0 spiro atoms. The van der Waals surface area contributed by atoms with E-state index in [1.165, 1.54) is 0 Å². The molecule has 1 saturated heterocycles. The van der Waals surface area contributed by atoms with Crippen LogP contribution in [0, 0.1) is 0 Å². The Hall–Kier alpha value is -1.30. The minimum absolute atomic E-state index is 0. The van der Waals surface area contributed by atoms with Gasteiger partial charge in [-0.1, -0.05) is 0 Å². The average Bonchev–Trinajstić information content (AvgIpc) is 3.14. The SMILES string of the molecule is COCCNC(=NCCCOCC1CCCO1)Nc1ccc2c(c1)OCCCO2.I. The van der Waals surface area contributed by atoms with Crippen molar-refractivity contribution in [2.75, 3.05) is 65.2 Å². The smallest absolute Gasteiger partial charge is 0.195 e. The summed E-state index contributed by atoms with van der Waals surface area (Å²) in [5, 5.41) is 6.61. The van der Waals surface area contributed by atoms with Crippen molar-refractivity contribution in [3.8, 4) is 11.5 Å². The van der Waals surface area contributed by atoms with Crippen LogP contribution in [0.2, 0.25) is 0 Å². The van der Waals surface area contributed by atoms with Crippen molar-refractivity contribution in [2.45, 2.75) is 31.8 Å². The molecule has 1 aromatic rings. The lowest BCUT2D eigenvalue weighted by Gasteiger charge is -2.14. The van der Waals surface area contributed by atoms with Gasteiger partial charge in [-0.05, 0) is 31.4 Å². The van der Waals surface area contributed by atoms with Crippen LogP contribution in [0.1, 0.15) is 25.7 Å². The van der Waals surface area contributed by atoms with Gasteiger partial charge in [-0.15, -0.1) is 24.0 Å². The summed E-state index contributed by atoms with van der Waals surface area (Å²) in [5.41, 5.74) is 0.896. The van der Waals surface area contributed by atoms with Crippen LogP contribution in [0.3, 0.4) is 0 Å². The van der Waals surface area contributed by atoms with Crippen molar-refractivity contribution in [1.29, 1.82) is 0 Å². The first kappa shape index (κ1) is 25.0. The van der Waals surface area contributed by atoms with Crippen molar-refractivity contribution in [3.63, 3.8) is 0 Å². The molecule has 2 heterocycles. The van der Waals surface area contributed by atoms with Gasteiger partial charge in [-0.3, -0.25) is 4.99 Å². The molecule has 2 aliphatic heterocycles. The molecule has 8 nitrogen and oxygen atoms in total. The van der Waals surface area contributed by atoms with Crippen molar-refractivity contribution >= 4 is 35.6 Å². The molecule has 0 bridgehead atoms. The Kier molecular flexibility index (Phi) is 12.2. The van der Waals surface area contributed by atoms with Crippen LogP contribution in [0.15, 0.2) is 23.2 Å². The van der Waals surface area contributed by atoms with Gasteiger partial charge in [0.15, 0.2) is 17.5 Å². The number of halogens is 1. The number of methoxy groups -OCH3 is 1. The molecule has 30 heavy (non-hydrogen) atoms. The summed E-state index contributed by atoms with van der Waals surface area (Å²) in [6.45, 7) is 5.50. The minimum atomic E-state index is 0. The molecule has 3 rings (SSSR count). The second-order valence-electron chi connectivity index (χ2n) is 7.05. The molecule has 0 radical (unpaired) electrons. The number of rotatable bonds is 10. The zero-order valence-electron chi connectivity index (χ0n) is 17.7. The molecular weight excluding hydrogens is 501 g/mol. The van der Waals surface area contributed by atoms with Crippen LogP contribution >= 0.6 is 24.0 Å². The Labute approximate surface area is 196 Å². The third-order valence-electron chi connectivity index (χ3n) is 4.65. The van der Waals surface area contributed by atoms with Gasteiger partial charge >= 0.3 is 0 Å². The van der Waals surface area contributed by atoms with Crippen LogP contribution in [-0.2, 0) is 14.2 Å². The minimum Gasteiger partial charge on any atom is -0.490 e. The number of hydrogen-bond acceptors (Lipinski definition) is 6. The highest BCUT2D eigenvalue weighted by atomic mass is 127. The Morgan fingerprint density at radius 3 is 2.80 bits per heavy atom. The second kappa shape index (κ2) is 14.7. The average molecular weight is 535 g/mol. The van der Waals surface area contributed by atoms with Crippen molar-refractivity contribution in [2.24, 2.45) is 4.99 Å². The summed E-state index contributed by atoms with van der Waals surface area (Å²) < 4.78 is 27.8. The van der Waals surface area contributed by atoms with E-state index in [1.807, 2.05) is 18.2 Å². The summed E-state index contributed by atoms with van der Waals surface area (Å²) >= 11 is 0. The molecule has 9 heteroatoms. The van der Waals surface area contributed by atoms with Crippen molar-refractivity contribution in [1.82, 2.24) is 5.32 Å². The molecule has 0 aromatic heterocycles. The largest absolute Gasteiger partial charge is 0.490 e. The van der Waals surface area contributed by atoms with E-state index in [1.54, 1.807) is 7.11 Å². The highest BCUT2D eigenvalue weighted by molar-refractivity contribution is 14.0. The van der Waals surface area contributed by atoms with Crippen LogP contribution in [0.4, 0.5) is 5.69 Å².